The Morgan fingerprint density at radius 1 is 1.15 bits per heavy atom. The fraction of sp³-hybridized carbons (Fsp3) is 0.421. The molecule has 1 amide bonds. The van der Waals surface area contributed by atoms with Crippen molar-refractivity contribution in [3.05, 3.63) is 24.4 Å². The lowest BCUT2D eigenvalue weighted by atomic mass is 10.0. The first-order valence-electron chi connectivity index (χ1n) is 9.33. The highest BCUT2D eigenvalue weighted by Crippen LogP contribution is 2.43. The molecule has 27 heavy (non-hydrogen) atoms. The molecule has 0 saturated carbocycles. The minimum atomic E-state index is -0.172. The van der Waals surface area contributed by atoms with Gasteiger partial charge in [-0.15, -0.1) is 5.10 Å². The SMILES string of the molecule is CC(=O)Nc1nc(N2C3CCC2CC3)c2ccc(-c3cn(C)nn3)cc2n1. The van der Waals surface area contributed by atoms with E-state index < -0.39 is 0 Å². The van der Waals surface area contributed by atoms with Gasteiger partial charge in [-0.1, -0.05) is 11.3 Å². The van der Waals surface area contributed by atoms with Crippen LogP contribution in [0.2, 0.25) is 0 Å². The number of aryl methyl sites for hydroxylation is 1. The number of fused-ring (bicyclic) bond motifs is 3. The van der Waals surface area contributed by atoms with Gasteiger partial charge in [-0.05, 0) is 37.8 Å². The molecule has 0 unspecified atom stereocenters. The minimum absolute atomic E-state index is 0.172. The fourth-order valence-electron chi connectivity index (χ4n) is 4.42. The highest BCUT2D eigenvalue weighted by molar-refractivity contribution is 5.95. The molecule has 138 valence electrons. The van der Waals surface area contributed by atoms with Gasteiger partial charge in [0, 0.05) is 37.0 Å². The van der Waals surface area contributed by atoms with Crippen molar-refractivity contribution in [2.75, 3.05) is 10.2 Å². The lowest BCUT2D eigenvalue weighted by Gasteiger charge is -2.25. The van der Waals surface area contributed by atoms with Gasteiger partial charge in [0.2, 0.25) is 11.9 Å². The molecule has 4 heterocycles. The topological polar surface area (TPSA) is 88.8 Å². The maximum Gasteiger partial charge on any atom is 0.231 e. The van der Waals surface area contributed by atoms with Gasteiger partial charge in [0.05, 0.1) is 11.7 Å². The minimum Gasteiger partial charge on any atom is -0.350 e. The Labute approximate surface area is 156 Å². The van der Waals surface area contributed by atoms with E-state index in [-0.39, 0.29) is 5.91 Å². The van der Waals surface area contributed by atoms with Crippen LogP contribution >= 0.6 is 0 Å². The lowest BCUT2D eigenvalue weighted by molar-refractivity contribution is -0.114. The van der Waals surface area contributed by atoms with Gasteiger partial charge in [0.25, 0.3) is 0 Å². The first kappa shape index (κ1) is 16.2. The van der Waals surface area contributed by atoms with Crippen molar-refractivity contribution in [2.45, 2.75) is 44.7 Å². The van der Waals surface area contributed by atoms with E-state index in [1.165, 1.54) is 32.6 Å². The number of aromatic nitrogens is 5. The Morgan fingerprint density at radius 2 is 1.89 bits per heavy atom. The van der Waals surface area contributed by atoms with Crippen molar-refractivity contribution >= 4 is 28.6 Å². The molecule has 8 heteroatoms. The largest absolute Gasteiger partial charge is 0.350 e. The van der Waals surface area contributed by atoms with Crippen LogP contribution < -0.4 is 10.2 Å². The van der Waals surface area contributed by atoms with Crippen LogP contribution in [0, 0.1) is 0 Å². The number of amides is 1. The predicted molar refractivity (Wildman–Crippen MR) is 102 cm³/mol. The summed E-state index contributed by atoms with van der Waals surface area (Å²) in [6.45, 7) is 1.47. The zero-order valence-corrected chi connectivity index (χ0v) is 15.4. The molecule has 2 bridgehead atoms. The van der Waals surface area contributed by atoms with Crippen molar-refractivity contribution in [1.82, 2.24) is 25.0 Å². The number of benzene rings is 1. The van der Waals surface area contributed by atoms with Crippen LogP contribution in [0.15, 0.2) is 24.4 Å². The number of rotatable bonds is 3. The molecule has 2 aliphatic rings. The van der Waals surface area contributed by atoms with E-state index in [0.29, 0.717) is 18.0 Å². The van der Waals surface area contributed by atoms with Crippen molar-refractivity contribution in [1.29, 1.82) is 0 Å². The molecule has 0 atom stereocenters. The molecule has 0 spiro atoms. The van der Waals surface area contributed by atoms with Crippen LogP contribution in [0.3, 0.4) is 0 Å². The summed E-state index contributed by atoms with van der Waals surface area (Å²) in [6.07, 6.45) is 6.72. The van der Waals surface area contributed by atoms with E-state index in [1.54, 1.807) is 4.68 Å². The van der Waals surface area contributed by atoms with Gasteiger partial charge in [0.15, 0.2) is 0 Å². The second kappa shape index (κ2) is 6.00. The second-order valence-electron chi connectivity index (χ2n) is 7.43. The molecule has 2 fully saturated rings. The van der Waals surface area contributed by atoms with Crippen LogP contribution in [-0.2, 0) is 11.8 Å². The Kier molecular flexibility index (Phi) is 3.60. The molecule has 2 aromatic heterocycles. The summed E-state index contributed by atoms with van der Waals surface area (Å²) in [7, 11) is 1.84. The Hall–Kier alpha value is -3.03. The molecular weight excluding hydrogens is 342 g/mol. The zero-order chi connectivity index (χ0) is 18.5. The number of hydrogen-bond acceptors (Lipinski definition) is 6. The normalized spacial score (nSPS) is 21.2. The summed E-state index contributed by atoms with van der Waals surface area (Å²) in [5, 5.41) is 12.0. The third kappa shape index (κ3) is 2.72. The Morgan fingerprint density at radius 3 is 2.52 bits per heavy atom. The van der Waals surface area contributed by atoms with Crippen LogP contribution in [0.4, 0.5) is 11.8 Å². The molecule has 1 aromatic carbocycles. The van der Waals surface area contributed by atoms with E-state index in [1.807, 2.05) is 25.4 Å². The van der Waals surface area contributed by atoms with Gasteiger partial charge in [-0.3, -0.25) is 14.8 Å². The summed E-state index contributed by atoms with van der Waals surface area (Å²) < 4.78 is 1.68. The number of anilines is 2. The molecule has 5 rings (SSSR count). The Bertz CT molecular complexity index is 1020. The quantitative estimate of drug-likeness (QED) is 0.769. The summed E-state index contributed by atoms with van der Waals surface area (Å²) in [5.74, 6) is 1.11. The standard InChI is InChI=1S/C19H21N7O/c1-11(27)20-19-21-16-9-12(17-10-25(2)24-23-17)3-8-15(16)18(22-19)26-13-4-5-14(26)7-6-13/h3,8-10,13-14H,4-7H2,1-2H3,(H,20,21,22,27). The van der Waals surface area contributed by atoms with Gasteiger partial charge in [0.1, 0.15) is 11.5 Å². The fourth-order valence-corrected chi connectivity index (χ4v) is 4.42. The average Bonchev–Trinajstić information content (AvgIpc) is 3.35. The summed E-state index contributed by atoms with van der Waals surface area (Å²) in [4.78, 5) is 23.3. The van der Waals surface area contributed by atoms with Gasteiger partial charge in [-0.2, -0.15) is 4.98 Å². The number of nitrogens with one attached hydrogen (secondary N) is 1. The molecule has 8 nitrogen and oxygen atoms in total. The average molecular weight is 363 g/mol. The highest BCUT2D eigenvalue weighted by Gasteiger charge is 2.40. The maximum absolute atomic E-state index is 11.6. The molecule has 2 aliphatic heterocycles. The number of hydrogen-bond donors (Lipinski definition) is 1. The van der Waals surface area contributed by atoms with E-state index in [4.69, 9.17) is 4.98 Å². The van der Waals surface area contributed by atoms with Crippen LogP contribution in [-0.4, -0.2) is 43.0 Å². The molecule has 2 saturated heterocycles. The van der Waals surface area contributed by atoms with Crippen molar-refractivity contribution in [2.24, 2.45) is 7.05 Å². The third-order valence-corrected chi connectivity index (χ3v) is 5.56. The summed E-state index contributed by atoms with van der Waals surface area (Å²) >= 11 is 0. The highest BCUT2D eigenvalue weighted by atomic mass is 16.1. The predicted octanol–water partition coefficient (Wildman–Crippen LogP) is 2.51. The molecular formula is C19H21N7O. The number of carbonyl (C=O) groups is 1. The van der Waals surface area contributed by atoms with E-state index in [2.05, 4.69) is 31.6 Å². The van der Waals surface area contributed by atoms with Gasteiger partial charge >= 0.3 is 0 Å². The first-order chi connectivity index (χ1) is 13.1. The first-order valence-corrected chi connectivity index (χ1v) is 9.33. The van der Waals surface area contributed by atoms with E-state index in [9.17, 15) is 4.79 Å². The van der Waals surface area contributed by atoms with Crippen molar-refractivity contribution < 1.29 is 4.79 Å². The van der Waals surface area contributed by atoms with E-state index >= 15 is 0 Å². The molecule has 1 N–H and O–H groups in total. The molecule has 3 aromatic rings. The molecule has 0 aliphatic carbocycles. The van der Waals surface area contributed by atoms with Crippen molar-refractivity contribution in [3.8, 4) is 11.3 Å². The molecule has 0 radical (unpaired) electrons. The van der Waals surface area contributed by atoms with Crippen LogP contribution in [0.25, 0.3) is 22.2 Å². The zero-order valence-electron chi connectivity index (χ0n) is 15.4. The van der Waals surface area contributed by atoms with Crippen LogP contribution in [0.1, 0.15) is 32.6 Å². The van der Waals surface area contributed by atoms with Gasteiger partial charge < -0.3 is 4.90 Å². The summed E-state index contributed by atoms with van der Waals surface area (Å²) in [5.41, 5.74) is 2.54. The van der Waals surface area contributed by atoms with Crippen molar-refractivity contribution in [3.63, 3.8) is 0 Å². The third-order valence-electron chi connectivity index (χ3n) is 5.56. The monoisotopic (exact) mass is 363 g/mol. The number of carbonyl (C=O) groups excluding carboxylic acids is 1. The summed E-state index contributed by atoms with van der Waals surface area (Å²) in [6, 6.07) is 7.17. The maximum atomic E-state index is 11.6. The van der Waals surface area contributed by atoms with Gasteiger partial charge in [-0.25, -0.2) is 4.98 Å². The number of nitrogens with zero attached hydrogens (tertiary/aromatic N) is 6. The van der Waals surface area contributed by atoms with E-state index in [0.717, 1.165) is 28.0 Å². The van der Waals surface area contributed by atoms with Crippen LogP contribution in [0.5, 0.6) is 0 Å². The smallest absolute Gasteiger partial charge is 0.231 e. The lowest BCUT2D eigenvalue weighted by Crippen LogP contribution is -2.29. The Balaban J connectivity index is 1.67. The second-order valence-corrected chi connectivity index (χ2v) is 7.43.